The number of amides is 1. The van der Waals surface area contributed by atoms with Crippen molar-refractivity contribution in [3.63, 3.8) is 0 Å². The number of hydrogen-bond acceptors (Lipinski definition) is 5. The summed E-state index contributed by atoms with van der Waals surface area (Å²) >= 11 is 1.32. The van der Waals surface area contributed by atoms with Gasteiger partial charge in [0, 0.05) is 24.5 Å². The van der Waals surface area contributed by atoms with Gasteiger partial charge in [-0.1, -0.05) is 75.0 Å². The number of carbonyl (C=O) groups excluding carboxylic acids is 1. The number of thioether (sulfide) groups is 1. The van der Waals surface area contributed by atoms with Gasteiger partial charge in [-0.25, -0.2) is 5.43 Å². The minimum Gasteiger partial charge on any atom is -0.350 e. The molecule has 0 atom stereocenters. The number of rotatable bonds is 7. The highest BCUT2D eigenvalue weighted by Gasteiger charge is 2.19. The highest BCUT2D eigenvalue weighted by Crippen LogP contribution is 2.30. The molecule has 1 amide bonds. The fraction of sp³-hybridized carbons (Fsp3) is 0.231. The van der Waals surface area contributed by atoms with Gasteiger partial charge in [0.25, 0.3) is 5.91 Å². The van der Waals surface area contributed by atoms with Gasteiger partial charge in [0.15, 0.2) is 11.0 Å². The Hall–Kier alpha value is -3.65. The van der Waals surface area contributed by atoms with E-state index < -0.39 is 0 Å². The minimum atomic E-state index is -0.214. The van der Waals surface area contributed by atoms with Crippen molar-refractivity contribution in [2.45, 2.75) is 31.3 Å². The van der Waals surface area contributed by atoms with Gasteiger partial charge in [-0.2, -0.15) is 5.10 Å². The fourth-order valence-corrected chi connectivity index (χ4v) is 4.17. The first kappa shape index (κ1) is 23.5. The molecule has 7 nitrogen and oxygen atoms in total. The van der Waals surface area contributed by atoms with Crippen molar-refractivity contribution < 1.29 is 4.79 Å². The van der Waals surface area contributed by atoms with E-state index in [1.54, 1.807) is 6.21 Å². The Balaban J connectivity index is 1.54. The molecule has 4 rings (SSSR count). The normalized spacial score (nSPS) is 11.8. The van der Waals surface area contributed by atoms with Crippen LogP contribution in [0.5, 0.6) is 0 Å². The van der Waals surface area contributed by atoms with E-state index in [4.69, 9.17) is 0 Å². The molecule has 0 aliphatic heterocycles. The van der Waals surface area contributed by atoms with Crippen LogP contribution in [0.2, 0.25) is 0 Å². The highest BCUT2D eigenvalue weighted by molar-refractivity contribution is 7.99. The average molecular weight is 473 g/mol. The number of hydrogen-bond donors (Lipinski definition) is 1. The lowest BCUT2D eigenvalue weighted by Crippen LogP contribution is -2.20. The monoisotopic (exact) mass is 472 g/mol. The molecule has 34 heavy (non-hydrogen) atoms. The van der Waals surface area contributed by atoms with Crippen molar-refractivity contribution in [2.75, 3.05) is 5.75 Å². The molecule has 0 aliphatic carbocycles. The molecule has 0 spiro atoms. The maximum Gasteiger partial charge on any atom is 0.250 e. The Morgan fingerprint density at radius 1 is 1.03 bits per heavy atom. The standard InChI is InChI=1S/C26H28N6OS/c1-26(2,3)20-14-12-19(13-15-20)24-29-30-25(32(24)21-9-6-5-7-10-21)34-18-23(33)28-27-17-22-11-8-16-31(22)4/h5-17H,18H2,1-4H3,(H,28,33). The zero-order valence-electron chi connectivity index (χ0n) is 19.8. The number of carbonyl (C=O) groups is 1. The van der Waals surface area contributed by atoms with Gasteiger partial charge in [-0.05, 0) is 35.2 Å². The van der Waals surface area contributed by atoms with Gasteiger partial charge >= 0.3 is 0 Å². The van der Waals surface area contributed by atoms with E-state index in [1.807, 2.05) is 64.8 Å². The van der Waals surface area contributed by atoms with Gasteiger partial charge in [0.05, 0.1) is 17.7 Å². The molecule has 0 aliphatic rings. The molecule has 2 heterocycles. The summed E-state index contributed by atoms with van der Waals surface area (Å²) in [6.07, 6.45) is 3.54. The summed E-state index contributed by atoms with van der Waals surface area (Å²) in [5.41, 5.74) is 6.71. The molecule has 174 valence electrons. The Kier molecular flexibility index (Phi) is 6.98. The molecule has 0 radical (unpaired) electrons. The topological polar surface area (TPSA) is 77.1 Å². The number of aryl methyl sites for hydroxylation is 1. The molecule has 2 aromatic carbocycles. The van der Waals surface area contributed by atoms with Crippen LogP contribution in [0.1, 0.15) is 32.0 Å². The molecule has 0 fully saturated rings. The summed E-state index contributed by atoms with van der Waals surface area (Å²) in [7, 11) is 1.92. The van der Waals surface area contributed by atoms with E-state index >= 15 is 0 Å². The Morgan fingerprint density at radius 3 is 2.41 bits per heavy atom. The second-order valence-corrected chi connectivity index (χ2v) is 9.87. The molecular formula is C26H28N6OS. The Bertz CT molecular complexity index is 1280. The van der Waals surface area contributed by atoms with Crippen molar-refractivity contribution in [1.29, 1.82) is 0 Å². The number of para-hydroxylation sites is 1. The van der Waals surface area contributed by atoms with Crippen LogP contribution < -0.4 is 5.43 Å². The smallest absolute Gasteiger partial charge is 0.250 e. The van der Waals surface area contributed by atoms with Crippen LogP contribution in [-0.2, 0) is 17.3 Å². The van der Waals surface area contributed by atoms with E-state index in [-0.39, 0.29) is 17.1 Å². The van der Waals surface area contributed by atoms with Crippen LogP contribution in [0, 0.1) is 0 Å². The summed E-state index contributed by atoms with van der Waals surface area (Å²) in [5.74, 6) is 0.684. The minimum absolute atomic E-state index is 0.0721. The van der Waals surface area contributed by atoms with Gasteiger partial charge in [-0.3, -0.25) is 9.36 Å². The Morgan fingerprint density at radius 2 is 1.76 bits per heavy atom. The maximum atomic E-state index is 12.4. The predicted molar refractivity (Wildman–Crippen MR) is 137 cm³/mol. The van der Waals surface area contributed by atoms with Crippen LogP contribution in [0.15, 0.2) is 83.2 Å². The van der Waals surface area contributed by atoms with Crippen molar-refractivity contribution in [3.05, 3.63) is 84.2 Å². The van der Waals surface area contributed by atoms with Crippen molar-refractivity contribution in [1.82, 2.24) is 24.8 Å². The van der Waals surface area contributed by atoms with Gasteiger partial charge in [-0.15, -0.1) is 10.2 Å². The van der Waals surface area contributed by atoms with Crippen molar-refractivity contribution >= 4 is 23.9 Å². The summed E-state index contributed by atoms with van der Waals surface area (Å²) in [6.45, 7) is 6.58. The van der Waals surface area contributed by atoms with E-state index in [2.05, 4.69) is 65.8 Å². The van der Waals surface area contributed by atoms with E-state index in [9.17, 15) is 4.79 Å². The molecule has 4 aromatic rings. The third-order valence-electron chi connectivity index (χ3n) is 5.36. The maximum absolute atomic E-state index is 12.4. The van der Waals surface area contributed by atoms with E-state index in [1.165, 1.54) is 17.3 Å². The van der Waals surface area contributed by atoms with Crippen LogP contribution >= 0.6 is 11.8 Å². The molecular weight excluding hydrogens is 444 g/mol. The average Bonchev–Trinajstić information content (AvgIpc) is 3.44. The van der Waals surface area contributed by atoms with Crippen molar-refractivity contribution in [3.8, 4) is 17.1 Å². The molecule has 0 saturated heterocycles. The van der Waals surface area contributed by atoms with Crippen LogP contribution in [0.4, 0.5) is 0 Å². The van der Waals surface area contributed by atoms with Crippen LogP contribution in [-0.4, -0.2) is 37.2 Å². The predicted octanol–water partition coefficient (Wildman–Crippen LogP) is 4.81. The summed E-state index contributed by atoms with van der Waals surface area (Å²) in [4.78, 5) is 12.4. The first-order chi connectivity index (χ1) is 16.3. The van der Waals surface area contributed by atoms with Gasteiger partial charge < -0.3 is 4.57 Å². The first-order valence-corrected chi connectivity index (χ1v) is 12.0. The lowest BCUT2D eigenvalue weighted by atomic mass is 9.87. The van der Waals surface area contributed by atoms with E-state index in [0.29, 0.717) is 5.16 Å². The zero-order valence-corrected chi connectivity index (χ0v) is 20.6. The highest BCUT2D eigenvalue weighted by atomic mass is 32.2. The first-order valence-electron chi connectivity index (χ1n) is 11.0. The summed E-state index contributed by atoms with van der Waals surface area (Å²) in [6, 6.07) is 22.2. The third kappa shape index (κ3) is 5.46. The largest absolute Gasteiger partial charge is 0.350 e. The second-order valence-electron chi connectivity index (χ2n) is 8.93. The molecule has 2 aromatic heterocycles. The molecule has 0 saturated carbocycles. The van der Waals surface area contributed by atoms with Crippen molar-refractivity contribution in [2.24, 2.45) is 12.1 Å². The van der Waals surface area contributed by atoms with E-state index in [0.717, 1.165) is 22.8 Å². The van der Waals surface area contributed by atoms with Crippen LogP contribution in [0.25, 0.3) is 17.1 Å². The number of hydrazone groups is 1. The van der Waals surface area contributed by atoms with Crippen LogP contribution in [0.3, 0.4) is 0 Å². The molecule has 0 unspecified atom stereocenters. The lowest BCUT2D eigenvalue weighted by molar-refractivity contribution is -0.118. The quantitative estimate of drug-likeness (QED) is 0.238. The number of benzene rings is 2. The second kappa shape index (κ2) is 10.1. The fourth-order valence-electron chi connectivity index (χ4n) is 3.42. The number of aromatic nitrogens is 4. The van der Waals surface area contributed by atoms with Gasteiger partial charge in [0.2, 0.25) is 0 Å². The SMILES string of the molecule is Cn1cccc1C=NNC(=O)CSc1nnc(-c2ccc(C(C)(C)C)cc2)n1-c1ccccc1. The van der Waals surface area contributed by atoms with Gasteiger partial charge in [0.1, 0.15) is 0 Å². The Labute approximate surface area is 203 Å². The summed E-state index contributed by atoms with van der Waals surface area (Å²) in [5, 5.41) is 13.6. The number of nitrogens with one attached hydrogen (secondary N) is 1. The third-order valence-corrected chi connectivity index (χ3v) is 6.29. The summed E-state index contributed by atoms with van der Waals surface area (Å²) < 4.78 is 3.90. The zero-order chi connectivity index (χ0) is 24.1. The molecule has 8 heteroatoms. The lowest BCUT2D eigenvalue weighted by Gasteiger charge is -2.19. The number of nitrogens with zero attached hydrogens (tertiary/aromatic N) is 5. The molecule has 1 N–H and O–H groups in total. The molecule has 0 bridgehead atoms.